The van der Waals surface area contributed by atoms with Gasteiger partial charge in [-0.05, 0) is 36.6 Å². The number of rotatable bonds is 6. The van der Waals surface area contributed by atoms with Gasteiger partial charge in [0.15, 0.2) is 5.65 Å². The first-order chi connectivity index (χ1) is 13.6. The molecule has 0 unspecified atom stereocenters. The van der Waals surface area contributed by atoms with Gasteiger partial charge in [0.2, 0.25) is 0 Å². The Labute approximate surface area is 168 Å². The number of pyridine rings is 1. The SMILES string of the molecule is CCCCCn1ccc2c(cnc3c(-c4ccc(Cl)cc4)c(CC)nn32)c1=O. The lowest BCUT2D eigenvalue weighted by atomic mass is 10.0. The van der Waals surface area contributed by atoms with E-state index in [9.17, 15) is 4.79 Å². The standard InChI is InChI=1S/C22H23ClN4O/c1-3-5-6-12-26-13-11-19-17(22(26)28)14-24-21-20(18(4-2)25-27(19)21)15-7-9-16(23)10-8-15/h7-11,13-14H,3-6,12H2,1-2H3. The number of benzene rings is 1. The Morgan fingerprint density at radius 2 is 1.86 bits per heavy atom. The molecular weight excluding hydrogens is 372 g/mol. The summed E-state index contributed by atoms with van der Waals surface area (Å²) in [4.78, 5) is 17.5. The normalized spacial score (nSPS) is 11.5. The average molecular weight is 395 g/mol. The molecule has 0 N–H and O–H groups in total. The molecule has 4 aromatic rings. The first kappa shape index (κ1) is 18.7. The monoisotopic (exact) mass is 394 g/mol. The molecule has 0 spiro atoms. The van der Waals surface area contributed by atoms with Crippen molar-refractivity contribution in [2.75, 3.05) is 0 Å². The fourth-order valence-corrected chi connectivity index (χ4v) is 3.75. The highest BCUT2D eigenvalue weighted by Gasteiger charge is 2.17. The Balaban J connectivity index is 1.90. The van der Waals surface area contributed by atoms with Gasteiger partial charge in [0.05, 0.1) is 16.6 Å². The van der Waals surface area contributed by atoms with Gasteiger partial charge in [-0.25, -0.2) is 9.50 Å². The number of hydrogen-bond acceptors (Lipinski definition) is 3. The minimum Gasteiger partial charge on any atom is -0.315 e. The lowest BCUT2D eigenvalue weighted by Crippen LogP contribution is -2.20. The Morgan fingerprint density at radius 1 is 1.07 bits per heavy atom. The van der Waals surface area contributed by atoms with Crippen molar-refractivity contribution in [3.8, 4) is 11.1 Å². The molecule has 0 saturated heterocycles. The number of hydrogen-bond donors (Lipinski definition) is 0. The summed E-state index contributed by atoms with van der Waals surface area (Å²) in [6, 6.07) is 9.67. The van der Waals surface area contributed by atoms with Crippen molar-refractivity contribution in [2.24, 2.45) is 0 Å². The van der Waals surface area contributed by atoms with Gasteiger partial charge in [0.1, 0.15) is 0 Å². The summed E-state index contributed by atoms with van der Waals surface area (Å²) >= 11 is 6.05. The van der Waals surface area contributed by atoms with Crippen LogP contribution in [0.15, 0.2) is 47.5 Å². The minimum atomic E-state index is -0.00963. The van der Waals surface area contributed by atoms with E-state index in [-0.39, 0.29) is 5.56 Å². The summed E-state index contributed by atoms with van der Waals surface area (Å²) in [5.74, 6) is 0. The first-order valence-electron chi connectivity index (χ1n) is 9.79. The van der Waals surface area contributed by atoms with Crippen LogP contribution < -0.4 is 5.56 Å². The number of aryl methyl sites for hydroxylation is 2. The van der Waals surface area contributed by atoms with Crippen molar-refractivity contribution in [2.45, 2.75) is 46.1 Å². The third kappa shape index (κ3) is 3.20. The zero-order valence-electron chi connectivity index (χ0n) is 16.2. The Kier molecular flexibility index (Phi) is 5.18. The Morgan fingerprint density at radius 3 is 2.57 bits per heavy atom. The molecule has 6 heteroatoms. The maximum Gasteiger partial charge on any atom is 0.261 e. The van der Waals surface area contributed by atoms with Gasteiger partial charge in [-0.3, -0.25) is 4.79 Å². The predicted octanol–water partition coefficient (Wildman–Crippen LogP) is 5.12. The Bertz CT molecular complexity index is 1190. The second-order valence-electron chi connectivity index (χ2n) is 7.00. The number of halogens is 1. The highest BCUT2D eigenvalue weighted by molar-refractivity contribution is 6.30. The lowest BCUT2D eigenvalue weighted by Gasteiger charge is -2.08. The molecule has 4 rings (SSSR count). The lowest BCUT2D eigenvalue weighted by molar-refractivity contribution is 0.590. The smallest absolute Gasteiger partial charge is 0.261 e. The molecule has 0 atom stereocenters. The second-order valence-corrected chi connectivity index (χ2v) is 7.43. The fraction of sp³-hybridized carbons (Fsp3) is 0.318. The van der Waals surface area contributed by atoms with Crippen LogP contribution in [-0.2, 0) is 13.0 Å². The van der Waals surface area contributed by atoms with Gasteiger partial charge in [-0.2, -0.15) is 5.10 Å². The van der Waals surface area contributed by atoms with E-state index in [1.54, 1.807) is 15.3 Å². The molecule has 144 valence electrons. The summed E-state index contributed by atoms with van der Waals surface area (Å²) in [5.41, 5.74) is 4.51. The number of nitrogens with zero attached hydrogens (tertiary/aromatic N) is 4. The van der Waals surface area contributed by atoms with Crippen molar-refractivity contribution in [3.05, 3.63) is 63.8 Å². The number of fused-ring (bicyclic) bond motifs is 3. The molecule has 3 heterocycles. The summed E-state index contributed by atoms with van der Waals surface area (Å²) in [6.45, 7) is 4.96. The second kappa shape index (κ2) is 7.76. The van der Waals surface area contributed by atoms with Gasteiger partial charge >= 0.3 is 0 Å². The number of aromatic nitrogens is 4. The molecule has 0 saturated carbocycles. The van der Waals surface area contributed by atoms with E-state index in [0.717, 1.165) is 60.2 Å². The molecule has 28 heavy (non-hydrogen) atoms. The topological polar surface area (TPSA) is 52.2 Å². The quantitative estimate of drug-likeness (QED) is 0.426. The van der Waals surface area contributed by atoms with E-state index in [4.69, 9.17) is 16.7 Å². The molecule has 5 nitrogen and oxygen atoms in total. The molecule has 0 aliphatic carbocycles. The van der Waals surface area contributed by atoms with Crippen LogP contribution in [0.25, 0.3) is 27.7 Å². The highest BCUT2D eigenvalue weighted by Crippen LogP contribution is 2.30. The molecule has 0 radical (unpaired) electrons. The molecular formula is C22H23ClN4O. The van der Waals surface area contributed by atoms with Crippen molar-refractivity contribution in [3.63, 3.8) is 0 Å². The third-order valence-corrected chi connectivity index (χ3v) is 5.38. The zero-order valence-corrected chi connectivity index (χ0v) is 16.9. The van der Waals surface area contributed by atoms with Gasteiger partial charge in [0.25, 0.3) is 5.56 Å². The van der Waals surface area contributed by atoms with Crippen LogP contribution in [0.5, 0.6) is 0 Å². The Hall–Kier alpha value is -2.66. The van der Waals surface area contributed by atoms with Crippen LogP contribution in [0.3, 0.4) is 0 Å². The van der Waals surface area contributed by atoms with E-state index in [1.807, 2.05) is 36.5 Å². The van der Waals surface area contributed by atoms with Crippen LogP contribution in [0.1, 0.15) is 38.8 Å². The van der Waals surface area contributed by atoms with Crippen molar-refractivity contribution in [1.29, 1.82) is 0 Å². The van der Waals surface area contributed by atoms with Crippen LogP contribution >= 0.6 is 11.6 Å². The maximum absolute atomic E-state index is 12.9. The maximum atomic E-state index is 12.9. The molecule has 1 aromatic carbocycles. The minimum absolute atomic E-state index is 0.00963. The van der Waals surface area contributed by atoms with E-state index >= 15 is 0 Å². The molecule has 0 aliphatic heterocycles. The van der Waals surface area contributed by atoms with Crippen LogP contribution in [0.2, 0.25) is 5.02 Å². The summed E-state index contributed by atoms with van der Waals surface area (Å²) in [7, 11) is 0. The molecule has 0 bridgehead atoms. The molecule has 0 amide bonds. The van der Waals surface area contributed by atoms with E-state index in [1.165, 1.54) is 0 Å². The van der Waals surface area contributed by atoms with Crippen LogP contribution in [0, 0.1) is 0 Å². The van der Waals surface area contributed by atoms with Crippen LogP contribution in [-0.4, -0.2) is 19.2 Å². The van der Waals surface area contributed by atoms with E-state index in [2.05, 4.69) is 18.8 Å². The molecule has 3 aromatic heterocycles. The van der Waals surface area contributed by atoms with E-state index < -0.39 is 0 Å². The van der Waals surface area contributed by atoms with E-state index in [0.29, 0.717) is 10.4 Å². The zero-order chi connectivity index (χ0) is 19.7. The van der Waals surface area contributed by atoms with Crippen LogP contribution in [0.4, 0.5) is 0 Å². The fourth-order valence-electron chi connectivity index (χ4n) is 3.62. The summed E-state index contributed by atoms with van der Waals surface area (Å²) < 4.78 is 3.58. The van der Waals surface area contributed by atoms with Crippen molar-refractivity contribution in [1.82, 2.24) is 19.2 Å². The summed E-state index contributed by atoms with van der Waals surface area (Å²) in [6.07, 6.45) is 7.58. The highest BCUT2D eigenvalue weighted by atomic mass is 35.5. The van der Waals surface area contributed by atoms with Crippen molar-refractivity contribution < 1.29 is 0 Å². The average Bonchev–Trinajstić information content (AvgIpc) is 3.09. The van der Waals surface area contributed by atoms with Gasteiger partial charge in [-0.1, -0.05) is 50.4 Å². The summed E-state index contributed by atoms with van der Waals surface area (Å²) in [5, 5.41) is 6.07. The molecule has 0 fully saturated rings. The molecule has 0 aliphatic rings. The number of unbranched alkanes of at least 4 members (excludes halogenated alkanes) is 2. The van der Waals surface area contributed by atoms with Gasteiger partial charge in [-0.15, -0.1) is 0 Å². The first-order valence-corrected chi connectivity index (χ1v) is 10.2. The van der Waals surface area contributed by atoms with Gasteiger partial charge in [0, 0.05) is 29.5 Å². The van der Waals surface area contributed by atoms with Crippen molar-refractivity contribution >= 4 is 28.2 Å². The predicted molar refractivity (Wildman–Crippen MR) is 114 cm³/mol. The largest absolute Gasteiger partial charge is 0.315 e. The van der Waals surface area contributed by atoms with Gasteiger partial charge < -0.3 is 4.57 Å². The third-order valence-electron chi connectivity index (χ3n) is 5.13.